The normalized spacial score (nSPS) is 33.5. The molecule has 2 aliphatic rings. The average Bonchev–Trinajstić information content (AvgIpc) is 2.78. The fraction of sp³-hybridized carbons (Fsp3) is 0.538. The first kappa shape index (κ1) is 9.53. The molecule has 2 fully saturated rings. The third-order valence-electron chi connectivity index (χ3n) is 4.19. The fourth-order valence-corrected chi connectivity index (χ4v) is 3.69. The summed E-state index contributed by atoms with van der Waals surface area (Å²) in [5, 5.41) is 0.749. The summed E-state index contributed by atoms with van der Waals surface area (Å²) in [6.45, 7) is 0. The lowest BCUT2D eigenvalue weighted by Gasteiger charge is -2.23. The predicted octanol–water partition coefficient (Wildman–Crippen LogP) is 3.83. The van der Waals surface area contributed by atoms with Gasteiger partial charge in [0.25, 0.3) is 0 Å². The maximum atomic E-state index is 6.05. The average molecular weight is 222 g/mol. The number of halogens is 1. The van der Waals surface area contributed by atoms with Gasteiger partial charge in [-0.2, -0.15) is 0 Å². The largest absolute Gasteiger partial charge is 0.398 e. The molecule has 1 aromatic carbocycles. The number of hydrogen-bond acceptors (Lipinski definition) is 1. The zero-order valence-electron chi connectivity index (χ0n) is 8.75. The van der Waals surface area contributed by atoms with Crippen molar-refractivity contribution in [3.05, 3.63) is 28.8 Å². The Morgan fingerprint density at radius 2 is 2.07 bits per heavy atom. The van der Waals surface area contributed by atoms with Crippen LogP contribution < -0.4 is 5.73 Å². The van der Waals surface area contributed by atoms with E-state index in [1.807, 2.05) is 12.1 Å². The molecule has 2 heteroatoms. The van der Waals surface area contributed by atoms with Gasteiger partial charge in [-0.25, -0.2) is 0 Å². The minimum absolute atomic E-state index is 0.709. The van der Waals surface area contributed by atoms with Crippen LogP contribution >= 0.6 is 11.6 Å². The van der Waals surface area contributed by atoms with E-state index in [1.54, 1.807) is 0 Å². The molecule has 0 radical (unpaired) electrons. The van der Waals surface area contributed by atoms with Crippen LogP contribution in [-0.2, 0) is 0 Å². The van der Waals surface area contributed by atoms with E-state index in [1.165, 1.54) is 31.2 Å². The molecular weight excluding hydrogens is 206 g/mol. The SMILES string of the molecule is Nc1cc(Cl)ccc1C1C[C@@H]2CC[C@H]1C2. The molecule has 1 unspecified atom stereocenters. The monoisotopic (exact) mass is 221 g/mol. The topological polar surface area (TPSA) is 26.0 Å². The molecule has 2 N–H and O–H groups in total. The summed E-state index contributed by atoms with van der Waals surface area (Å²) in [5.74, 6) is 2.56. The molecular formula is C13H16ClN. The fourth-order valence-electron chi connectivity index (χ4n) is 3.51. The van der Waals surface area contributed by atoms with Crippen LogP contribution in [0.5, 0.6) is 0 Å². The van der Waals surface area contributed by atoms with Gasteiger partial charge < -0.3 is 5.73 Å². The molecule has 0 heterocycles. The molecule has 0 aliphatic heterocycles. The van der Waals surface area contributed by atoms with Crippen LogP contribution in [0.2, 0.25) is 5.02 Å². The Morgan fingerprint density at radius 1 is 1.20 bits per heavy atom. The predicted molar refractivity (Wildman–Crippen MR) is 64.1 cm³/mol. The Morgan fingerprint density at radius 3 is 2.67 bits per heavy atom. The first-order chi connectivity index (χ1) is 7.24. The molecule has 3 rings (SSSR count). The maximum absolute atomic E-state index is 6.05. The van der Waals surface area contributed by atoms with Gasteiger partial charge >= 0.3 is 0 Å². The smallest absolute Gasteiger partial charge is 0.0426 e. The molecule has 80 valence electrons. The molecule has 15 heavy (non-hydrogen) atoms. The van der Waals surface area contributed by atoms with Gasteiger partial charge in [0.15, 0.2) is 0 Å². The van der Waals surface area contributed by atoms with E-state index in [0.29, 0.717) is 5.92 Å². The van der Waals surface area contributed by atoms with E-state index in [2.05, 4.69) is 6.07 Å². The standard InChI is InChI=1S/C13H16ClN/c14-10-3-4-11(13(15)7-10)12-6-8-1-2-9(12)5-8/h3-4,7-9,12H,1-2,5-6,15H2/t8-,9+,12?/m1/s1. The zero-order chi connectivity index (χ0) is 10.4. The summed E-state index contributed by atoms with van der Waals surface area (Å²) in [6, 6.07) is 5.99. The summed E-state index contributed by atoms with van der Waals surface area (Å²) in [4.78, 5) is 0. The number of fused-ring (bicyclic) bond motifs is 2. The van der Waals surface area contributed by atoms with Crippen LogP contribution in [0, 0.1) is 11.8 Å². The highest BCUT2D eigenvalue weighted by atomic mass is 35.5. The number of anilines is 1. The number of benzene rings is 1. The minimum Gasteiger partial charge on any atom is -0.398 e. The van der Waals surface area contributed by atoms with Crippen LogP contribution in [0.25, 0.3) is 0 Å². The van der Waals surface area contributed by atoms with Crippen LogP contribution in [0.15, 0.2) is 18.2 Å². The molecule has 2 saturated carbocycles. The first-order valence-electron chi connectivity index (χ1n) is 5.79. The van der Waals surface area contributed by atoms with Crippen LogP contribution in [0.4, 0.5) is 5.69 Å². The third-order valence-corrected chi connectivity index (χ3v) is 4.42. The molecule has 0 saturated heterocycles. The third kappa shape index (κ3) is 1.53. The van der Waals surface area contributed by atoms with E-state index in [4.69, 9.17) is 17.3 Å². The highest BCUT2D eigenvalue weighted by Gasteiger charge is 2.40. The van der Waals surface area contributed by atoms with Crippen molar-refractivity contribution < 1.29 is 0 Å². The summed E-state index contributed by atoms with van der Waals surface area (Å²) in [5.41, 5.74) is 8.28. The van der Waals surface area contributed by atoms with Gasteiger partial charge in [-0.05, 0) is 54.7 Å². The highest BCUT2D eigenvalue weighted by Crippen LogP contribution is 2.53. The molecule has 3 atom stereocenters. The van der Waals surface area contributed by atoms with Gasteiger partial charge in [0.05, 0.1) is 0 Å². The molecule has 1 nitrogen and oxygen atoms in total. The van der Waals surface area contributed by atoms with Crippen molar-refractivity contribution in [3.8, 4) is 0 Å². The molecule has 0 spiro atoms. The lowest BCUT2D eigenvalue weighted by Crippen LogP contribution is -2.10. The minimum atomic E-state index is 0.709. The second-order valence-electron chi connectivity index (χ2n) is 5.05. The van der Waals surface area contributed by atoms with Crippen molar-refractivity contribution in [2.24, 2.45) is 11.8 Å². The van der Waals surface area contributed by atoms with Gasteiger partial charge in [0.2, 0.25) is 0 Å². The number of hydrogen-bond donors (Lipinski definition) is 1. The maximum Gasteiger partial charge on any atom is 0.0426 e. The lowest BCUT2D eigenvalue weighted by atomic mass is 9.83. The number of nitrogens with two attached hydrogens (primary N) is 1. The van der Waals surface area contributed by atoms with E-state index < -0.39 is 0 Å². The van der Waals surface area contributed by atoms with Gasteiger partial charge in [-0.3, -0.25) is 0 Å². The van der Waals surface area contributed by atoms with E-state index in [9.17, 15) is 0 Å². The second-order valence-corrected chi connectivity index (χ2v) is 5.49. The van der Waals surface area contributed by atoms with E-state index in [-0.39, 0.29) is 0 Å². The molecule has 0 amide bonds. The van der Waals surface area contributed by atoms with Crippen LogP contribution in [0.1, 0.15) is 37.2 Å². The van der Waals surface area contributed by atoms with Gasteiger partial charge in [0.1, 0.15) is 0 Å². The van der Waals surface area contributed by atoms with Gasteiger partial charge in [0, 0.05) is 10.7 Å². The Balaban J connectivity index is 1.93. The van der Waals surface area contributed by atoms with Crippen molar-refractivity contribution in [1.29, 1.82) is 0 Å². The Bertz CT molecular complexity index is 388. The molecule has 1 aromatic rings. The van der Waals surface area contributed by atoms with Crippen molar-refractivity contribution >= 4 is 17.3 Å². The summed E-state index contributed by atoms with van der Waals surface area (Å²) < 4.78 is 0. The first-order valence-corrected chi connectivity index (χ1v) is 6.17. The molecule has 2 bridgehead atoms. The summed E-state index contributed by atoms with van der Waals surface area (Å²) >= 11 is 5.92. The van der Waals surface area contributed by atoms with Gasteiger partial charge in [-0.15, -0.1) is 0 Å². The number of rotatable bonds is 1. The van der Waals surface area contributed by atoms with E-state index >= 15 is 0 Å². The van der Waals surface area contributed by atoms with Crippen molar-refractivity contribution in [2.45, 2.75) is 31.6 Å². The highest BCUT2D eigenvalue weighted by molar-refractivity contribution is 6.30. The zero-order valence-corrected chi connectivity index (χ0v) is 9.50. The summed E-state index contributed by atoms with van der Waals surface area (Å²) in [7, 11) is 0. The molecule has 2 aliphatic carbocycles. The Hall–Kier alpha value is -0.690. The van der Waals surface area contributed by atoms with E-state index in [0.717, 1.165) is 22.5 Å². The molecule has 0 aromatic heterocycles. The van der Waals surface area contributed by atoms with Gasteiger partial charge in [-0.1, -0.05) is 24.1 Å². The van der Waals surface area contributed by atoms with Crippen molar-refractivity contribution in [3.63, 3.8) is 0 Å². The quantitative estimate of drug-likeness (QED) is 0.717. The van der Waals surface area contributed by atoms with Crippen LogP contribution in [-0.4, -0.2) is 0 Å². The number of nitrogen functional groups attached to an aromatic ring is 1. The van der Waals surface area contributed by atoms with Crippen LogP contribution in [0.3, 0.4) is 0 Å². The Kier molecular flexibility index (Phi) is 2.17. The summed E-state index contributed by atoms with van der Waals surface area (Å²) in [6.07, 6.45) is 5.61. The lowest BCUT2D eigenvalue weighted by molar-refractivity contribution is 0.421. The second kappa shape index (κ2) is 3.41. The Labute approximate surface area is 95.6 Å². The van der Waals surface area contributed by atoms with Crippen molar-refractivity contribution in [2.75, 3.05) is 5.73 Å². The van der Waals surface area contributed by atoms with Crippen molar-refractivity contribution in [1.82, 2.24) is 0 Å².